The van der Waals surface area contributed by atoms with Gasteiger partial charge in [-0.3, -0.25) is 0 Å². The number of rotatable bonds is 10. The molecule has 4 aromatic rings. The fourth-order valence-electron chi connectivity index (χ4n) is 4.24. The van der Waals surface area contributed by atoms with Crippen LogP contribution in [0.5, 0.6) is 17.2 Å². The second-order valence-corrected chi connectivity index (χ2v) is 10.5. The van der Waals surface area contributed by atoms with Crippen LogP contribution in [0.2, 0.25) is 0 Å². The fourth-order valence-corrected chi connectivity index (χ4v) is 6.88. The van der Waals surface area contributed by atoms with E-state index in [0.717, 1.165) is 6.07 Å². The third-order valence-corrected chi connectivity index (χ3v) is 8.55. The second-order valence-electron chi connectivity index (χ2n) is 8.41. The summed E-state index contributed by atoms with van der Waals surface area (Å²) in [6.07, 6.45) is 0. The van der Waals surface area contributed by atoms with Crippen molar-refractivity contribution in [2.24, 2.45) is 0 Å². The molecule has 4 aromatic carbocycles. The minimum atomic E-state index is -2.31. The zero-order valence-corrected chi connectivity index (χ0v) is 22.2. The van der Waals surface area contributed by atoms with Crippen LogP contribution in [0.25, 0.3) is 11.1 Å². The van der Waals surface area contributed by atoms with Crippen LogP contribution >= 0.6 is 7.92 Å². The van der Waals surface area contributed by atoms with Gasteiger partial charge in [0.15, 0.2) is 23.3 Å². The first-order chi connectivity index (χ1) is 19.2. The van der Waals surface area contributed by atoms with Crippen LogP contribution in [0.15, 0.2) is 60.7 Å². The summed E-state index contributed by atoms with van der Waals surface area (Å²) in [6.45, 7) is -0.594. The topological polar surface area (TPSA) is 68.2 Å². The Morgan fingerprint density at radius 2 is 1.20 bits per heavy atom. The van der Waals surface area contributed by atoms with Crippen LogP contribution in [0.1, 0.15) is 5.56 Å². The van der Waals surface area contributed by atoms with Gasteiger partial charge in [-0.2, -0.15) is 0 Å². The molecule has 40 heavy (non-hydrogen) atoms. The minimum Gasteiger partial charge on any atom is -0.507 e. The molecule has 5 nitrogen and oxygen atoms in total. The smallest absolute Gasteiger partial charge is 0.200 e. The SMILES string of the molecule is COc1ccccc1P(c1ccccc1OC)c1cc(COCCO)cc(-c2c(F)c(F)c(F)c(F)c2F)c1O. The highest BCUT2D eigenvalue weighted by Crippen LogP contribution is 2.46. The molecule has 0 aromatic heterocycles. The molecule has 0 radical (unpaired) electrons. The molecule has 0 atom stereocenters. The first-order valence-electron chi connectivity index (χ1n) is 11.9. The van der Waals surface area contributed by atoms with E-state index >= 15 is 0 Å². The van der Waals surface area contributed by atoms with Crippen molar-refractivity contribution in [3.8, 4) is 28.4 Å². The number of aliphatic hydroxyl groups is 1. The molecule has 0 bridgehead atoms. The van der Waals surface area contributed by atoms with Gasteiger partial charge in [0.2, 0.25) is 5.82 Å². The van der Waals surface area contributed by atoms with Gasteiger partial charge in [-0.05, 0) is 37.8 Å². The first kappa shape index (κ1) is 29.3. The Balaban J connectivity index is 2.10. The summed E-state index contributed by atoms with van der Waals surface area (Å²) in [5, 5.41) is 21.9. The molecule has 11 heteroatoms. The molecule has 0 fully saturated rings. The zero-order valence-electron chi connectivity index (χ0n) is 21.4. The van der Waals surface area contributed by atoms with Gasteiger partial charge in [-0.15, -0.1) is 0 Å². The highest BCUT2D eigenvalue weighted by molar-refractivity contribution is 7.80. The Hall–Kier alpha value is -3.72. The number of halogens is 5. The molecule has 0 aliphatic heterocycles. The van der Waals surface area contributed by atoms with E-state index in [9.17, 15) is 27.1 Å². The summed E-state index contributed by atoms with van der Waals surface area (Å²) in [5.41, 5.74) is -1.66. The lowest BCUT2D eigenvalue weighted by atomic mass is 10.00. The van der Waals surface area contributed by atoms with Gasteiger partial charge in [-0.1, -0.05) is 36.4 Å². The quantitative estimate of drug-likeness (QED) is 0.0908. The lowest BCUT2D eigenvalue weighted by Gasteiger charge is -2.25. The largest absolute Gasteiger partial charge is 0.507 e. The van der Waals surface area contributed by atoms with E-state index < -0.39 is 53.9 Å². The Morgan fingerprint density at radius 1 is 0.700 bits per heavy atom. The predicted octanol–water partition coefficient (Wildman–Crippen LogP) is 5.04. The fraction of sp³-hybridized carbons (Fsp3) is 0.172. The number of para-hydroxylation sites is 2. The van der Waals surface area contributed by atoms with Gasteiger partial charge in [-0.25, -0.2) is 22.0 Å². The van der Waals surface area contributed by atoms with E-state index in [-0.39, 0.29) is 30.7 Å². The van der Waals surface area contributed by atoms with Gasteiger partial charge in [0.25, 0.3) is 0 Å². The summed E-state index contributed by atoms with van der Waals surface area (Å²) >= 11 is 0. The number of hydrogen-bond acceptors (Lipinski definition) is 5. The molecule has 210 valence electrons. The van der Waals surface area contributed by atoms with Crippen molar-refractivity contribution in [3.05, 3.63) is 95.3 Å². The minimum absolute atomic E-state index is 0.0815. The van der Waals surface area contributed by atoms with Crippen molar-refractivity contribution in [2.75, 3.05) is 27.4 Å². The van der Waals surface area contributed by atoms with E-state index in [1.165, 1.54) is 20.3 Å². The van der Waals surface area contributed by atoms with E-state index in [1.54, 1.807) is 48.5 Å². The number of aliphatic hydroxyl groups excluding tert-OH is 1. The summed E-state index contributed by atoms with van der Waals surface area (Å²) in [5.74, 6) is -10.6. The molecular formula is C29H24F5O5P. The number of phenols is 1. The summed E-state index contributed by atoms with van der Waals surface area (Å²) in [4.78, 5) is 0. The second kappa shape index (κ2) is 12.6. The molecular weight excluding hydrogens is 554 g/mol. The molecule has 4 rings (SSSR count). The Bertz CT molecular complexity index is 1450. The third kappa shape index (κ3) is 5.47. The highest BCUT2D eigenvalue weighted by atomic mass is 31.1. The number of methoxy groups -OCH3 is 2. The molecule has 0 saturated carbocycles. The molecule has 0 saturated heterocycles. The van der Waals surface area contributed by atoms with Crippen LogP contribution in [-0.2, 0) is 11.3 Å². The summed E-state index contributed by atoms with van der Waals surface area (Å²) < 4.78 is 88.8. The van der Waals surface area contributed by atoms with Crippen molar-refractivity contribution in [1.29, 1.82) is 0 Å². The predicted molar refractivity (Wildman–Crippen MR) is 142 cm³/mol. The monoisotopic (exact) mass is 578 g/mol. The molecule has 0 aliphatic rings. The molecule has 0 unspecified atom stereocenters. The lowest BCUT2D eigenvalue weighted by Crippen LogP contribution is -2.24. The Labute approximate surface area is 228 Å². The standard InChI is InChI=1S/C29H24F5O5P/c1-37-18-7-3-5-9-20(18)40(21-10-6-4-8-19(21)38-2)22-14-16(15-39-12-11-35)13-17(29(22)36)23-24(30)26(32)28(34)27(33)25(23)31/h3-10,13-14,35-36H,11-12,15H2,1-2H3. The van der Waals surface area contributed by atoms with Crippen LogP contribution in [-0.4, -0.2) is 37.6 Å². The molecule has 0 aliphatic carbocycles. The average molecular weight is 578 g/mol. The lowest BCUT2D eigenvalue weighted by molar-refractivity contribution is 0.0816. The van der Waals surface area contributed by atoms with Gasteiger partial charge < -0.3 is 24.4 Å². The maximum Gasteiger partial charge on any atom is 0.200 e. The van der Waals surface area contributed by atoms with Crippen molar-refractivity contribution in [3.63, 3.8) is 0 Å². The maximum atomic E-state index is 15.0. The molecule has 0 heterocycles. The number of ether oxygens (including phenoxy) is 3. The Morgan fingerprint density at radius 3 is 1.70 bits per heavy atom. The molecule has 2 N–H and O–H groups in total. The van der Waals surface area contributed by atoms with Crippen molar-refractivity contribution < 1.29 is 46.4 Å². The first-order valence-corrected chi connectivity index (χ1v) is 13.2. The van der Waals surface area contributed by atoms with Crippen LogP contribution < -0.4 is 25.4 Å². The Kier molecular flexibility index (Phi) is 9.25. The average Bonchev–Trinajstić information content (AvgIpc) is 2.97. The van der Waals surface area contributed by atoms with Crippen LogP contribution in [0.4, 0.5) is 22.0 Å². The third-order valence-electron chi connectivity index (χ3n) is 6.03. The van der Waals surface area contributed by atoms with Crippen molar-refractivity contribution >= 4 is 23.8 Å². The van der Waals surface area contributed by atoms with E-state index in [2.05, 4.69) is 0 Å². The van der Waals surface area contributed by atoms with Gasteiger partial charge in [0.1, 0.15) is 17.2 Å². The summed E-state index contributed by atoms with van der Waals surface area (Å²) in [6, 6.07) is 16.4. The number of aromatic hydroxyl groups is 1. The number of benzene rings is 4. The molecule has 0 spiro atoms. The number of hydrogen-bond donors (Lipinski definition) is 2. The van der Waals surface area contributed by atoms with Crippen LogP contribution in [0, 0.1) is 29.1 Å². The molecule has 0 amide bonds. The maximum absolute atomic E-state index is 15.0. The van der Waals surface area contributed by atoms with Crippen LogP contribution in [0.3, 0.4) is 0 Å². The van der Waals surface area contributed by atoms with Crippen molar-refractivity contribution in [2.45, 2.75) is 6.61 Å². The summed E-state index contributed by atoms with van der Waals surface area (Å²) in [7, 11) is 1.09. The zero-order chi connectivity index (χ0) is 29.0. The van der Waals surface area contributed by atoms with Gasteiger partial charge in [0, 0.05) is 21.5 Å². The number of phenolic OH excluding ortho intramolecular Hbond substituents is 1. The van der Waals surface area contributed by atoms with Gasteiger partial charge >= 0.3 is 0 Å². The highest BCUT2D eigenvalue weighted by Gasteiger charge is 2.32. The van der Waals surface area contributed by atoms with Gasteiger partial charge in [0.05, 0.1) is 39.6 Å². The van der Waals surface area contributed by atoms with E-state index in [1.807, 2.05) is 0 Å². The van der Waals surface area contributed by atoms with E-state index in [4.69, 9.17) is 19.3 Å². The van der Waals surface area contributed by atoms with E-state index in [0.29, 0.717) is 22.1 Å². The van der Waals surface area contributed by atoms with Crippen molar-refractivity contribution in [1.82, 2.24) is 0 Å². The normalized spacial score (nSPS) is 11.2.